The molecule has 0 rings (SSSR count). The summed E-state index contributed by atoms with van der Waals surface area (Å²) >= 11 is 0. The number of hydrogen-bond donors (Lipinski definition) is 0. The standard InChI is InChI=1S/C11H24O2Si/c1-5-6-7-8-9-10-11-14(4,12-2)13-3/h10-11H,5-9H2,1-4H3. The zero-order valence-corrected chi connectivity index (χ0v) is 11.0. The molecule has 0 aliphatic rings. The zero-order valence-electron chi connectivity index (χ0n) is 10.0. The largest absolute Gasteiger partial charge is 0.395 e. The fraction of sp³-hybridized carbons (Fsp3) is 0.818. The molecule has 0 atom stereocenters. The lowest BCUT2D eigenvalue weighted by molar-refractivity contribution is 0.264. The highest BCUT2D eigenvalue weighted by atomic mass is 28.4. The van der Waals surface area contributed by atoms with Crippen molar-refractivity contribution in [3.8, 4) is 0 Å². The molecule has 0 radical (unpaired) electrons. The third-order valence-electron chi connectivity index (χ3n) is 2.46. The molecule has 3 heteroatoms. The van der Waals surface area contributed by atoms with Crippen LogP contribution in [0.15, 0.2) is 11.8 Å². The molecule has 0 unspecified atom stereocenters. The van der Waals surface area contributed by atoms with Crippen LogP contribution in [0.4, 0.5) is 0 Å². The van der Waals surface area contributed by atoms with E-state index < -0.39 is 8.56 Å². The summed E-state index contributed by atoms with van der Waals surface area (Å²) in [7, 11) is 1.49. The third kappa shape index (κ3) is 6.35. The molecular weight excluding hydrogens is 192 g/mol. The Labute approximate surface area is 89.6 Å². The van der Waals surface area contributed by atoms with E-state index in [-0.39, 0.29) is 0 Å². The molecule has 0 aromatic rings. The molecule has 84 valence electrons. The van der Waals surface area contributed by atoms with E-state index in [1.54, 1.807) is 14.2 Å². The Balaban J connectivity index is 3.59. The molecule has 2 nitrogen and oxygen atoms in total. The SMILES string of the molecule is CCCCCCC=C[Si](C)(OC)OC. The minimum atomic E-state index is -1.95. The molecule has 0 aromatic carbocycles. The van der Waals surface area contributed by atoms with Crippen molar-refractivity contribution in [2.75, 3.05) is 14.2 Å². The average molecular weight is 216 g/mol. The van der Waals surface area contributed by atoms with Gasteiger partial charge in [0.25, 0.3) is 0 Å². The van der Waals surface area contributed by atoms with Crippen LogP contribution < -0.4 is 0 Å². The van der Waals surface area contributed by atoms with Crippen molar-refractivity contribution in [1.82, 2.24) is 0 Å². The van der Waals surface area contributed by atoms with Crippen molar-refractivity contribution >= 4 is 8.56 Å². The van der Waals surface area contributed by atoms with Gasteiger partial charge in [-0.25, -0.2) is 0 Å². The summed E-state index contributed by atoms with van der Waals surface area (Å²) in [6.07, 6.45) is 8.61. The number of allylic oxidation sites excluding steroid dienone is 1. The van der Waals surface area contributed by atoms with Gasteiger partial charge in [-0.3, -0.25) is 0 Å². The normalized spacial score (nSPS) is 12.6. The predicted octanol–water partition coefficient (Wildman–Crippen LogP) is 3.42. The summed E-state index contributed by atoms with van der Waals surface area (Å²) < 4.78 is 10.7. The van der Waals surface area contributed by atoms with Crippen molar-refractivity contribution in [2.45, 2.75) is 45.6 Å². The van der Waals surface area contributed by atoms with E-state index in [1.165, 1.54) is 25.7 Å². The quantitative estimate of drug-likeness (QED) is 0.457. The second-order valence-electron chi connectivity index (χ2n) is 3.68. The monoisotopic (exact) mass is 216 g/mol. The number of rotatable bonds is 8. The van der Waals surface area contributed by atoms with Gasteiger partial charge < -0.3 is 8.85 Å². The topological polar surface area (TPSA) is 18.5 Å². The van der Waals surface area contributed by atoms with Crippen LogP contribution in [0, 0.1) is 0 Å². The molecule has 0 aromatic heterocycles. The van der Waals surface area contributed by atoms with Gasteiger partial charge in [-0.05, 0) is 25.1 Å². The van der Waals surface area contributed by atoms with Crippen LogP contribution >= 0.6 is 0 Å². The number of hydrogen-bond acceptors (Lipinski definition) is 2. The van der Waals surface area contributed by atoms with Crippen molar-refractivity contribution < 1.29 is 8.85 Å². The fourth-order valence-corrected chi connectivity index (χ4v) is 2.24. The maximum absolute atomic E-state index is 5.34. The molecule has 0 saturated heterocycles. The number of unbranched alkanes of at least 4 members (excludes halogenated alkanes) is 4. The van der Waals surface area contributed by atoms with Gasteiger partial charge in [-0.2, -0.15) is 0 Å². The Morgan fingerprint density at radius 3 is 2.21 bits per heavy atom. The fourth-order valence-electron chi connectivity index (χ4n) is 1.21. The van der Waals surface area contributed by atoms with Crippen molar-refractivity contribution in [3.63, 3.8) is 0 Å². The van der Waals surface area contributed by atoms with Crippen molar-refractivity contribution in [2.24, 2.45) is 0 Å². The molecule has 0 aliphatic carbocycles. The molecule has 14 heavy (non-hydrogen) atoms. The Morgan fingerprint density at radius 1 is 1.07 bits per heavy atom. The lowest BCUT2D eigenvalue weighted by Crippen LogP contribution is -2.33. The van der Waals surface area contributed by atoms with E-state index >= 15 is 0 Å². The van der Waals surface area contributed by atoms with E-state index in [2.05, 4.69) is 25.2 Å². The Hall–Kier alpha value is -0.123. The van der Waals surface area contributed by atoms with Crippen LogP contribution in [0.25, 0.3) is 0 Å². The highest BCUT2D eigenvalue weighted by Gasteiger charge is 2.23. The third-order valence-corrected chi connectivity index (χ3v) is 4.92. The van der Waals surface area contributed by atoms with Gasteiger partial charge in [-0.15, -0.1) is 0 Å². The first-order valence-corrected chi connectivity index (χ1v) is 7.86. The first kappa shape index (κ1) is 13.9. The van der Waals surface area contributed by atoms with Crippen LogP contribution in [0.5, 0.6) is 0 Å². The van der Waals surface area contributed by atoms with Crippen LogP contribution in [-0.4, -0.2) is 22.8 Å². The lowest BCUT2D eigenvalue weighted by Gasteiger charge is -2.17. The van der Waals surface area contributed by atoms with E-state index in [1.807, 2.05) is 0 Å². The summed E-state index contributed by atoms with van der Waals surface area (Å²) in [5.74, 6) is 0. The molecule has 0 fully saturated rings. The molecule has 0 aliphatic heterocycles. The van der Waals surface area contributed by atoms with Gasteiger partial charge in [0, 0.05) is 14.2 Å². The summed E-state index contributed by atoms with van der Waals surface area (Å²) in [6, 6.07) is 0. The van der Waals surface area contributed by atoms with Crippen LogP contribution in [-0.2, 0) is 8.85 Å². The first-order valence-electron chi connectivity index (χ1n) is 5.46. The van der Waals surface area contributed by atoms with E-state index in [4.69, 9.17) is 8.85 Å². The first-order chi connectivity index (χ1) is 6.68. The molecule has 0 spiro atoms. The molecule has 0 N–H and O–H groups in total. The smallest absolute Gasteiger partial charge is 0.360 e. The van der Waals surface area contributed by atoms with Gasteiger partial charge >= 0.3 is 8.56 Å². The van der Waals surface area contributed by atoms with Gasteiger partial charge in [0.1, 0.15) is 0 Å². The van der Waals surface area contributed by atoms with Gasteiger partial charge in [0.05, 0.1) is 0 Å². The maximum atomic E-state index is 5.34. The average Bonchev–Trinajstić information content (AvgIpc) is 2.23. The highest BCUT2D eigenvalue weighted by molar-refractivity contribution is 6.71. The summed E-state index contributed by atoms with van der Waals surface area (Å²) in [6.45, 7) is 4.28. The van der Waals surface area contributed by atoms with Crippen LogP contribution in [0.1, 0.15) is 39.0 Å². The van der Waals surface area contributed by atoms with E-state index in [0.29, 0.717) is 0 Å². The Morgan fingerprint density at radius 2 is 1.71 bits per heavy atom. The molecular formula is C11H24O2Si. The van der Waals surface area contributed by atoms with E-state index in [0.717, 1.165) is 6.42 Å². The van der Waals surface area contributed by atoms with Crippen LogP contribution in [0.3, 0.4) is 0 Å². The molecule has 0 amide bonds. The summed E-state index contributed by atoms with van der Waals surface area (Å²) in [5, 5.41) is 0. The predicted molar refractivity (Wildman–Crippen MR) is 63.5 cm³/mol. The molecule has 0 saturated carbocycles. The Bertz CT molecular complexity index is 153. The highest BCUT2D eigenvalue weighted by Crippen LogP contribution is 2.08. The van der Waals surface area contributed by atoms with E-state index in [9.17, 15) is 0 Å². The lowest BCUT2D eigenvalue weighted by atomic mass is 10.2. The summed E-state index contributed by atoms with van der Waals surface area (Å²) in [5.41, 5.74) is 2.12. The van der Waals surface area contributed by atoms with Crippen molar-refractivity contribution in [1.29, 1.82) is 0 Å². The second kappa shape index (κ2) is 8.21. The minimum Gasteiger partial charge on any atom is -0.395 e. The Kier molecular flexibility index (Phi) is 8.13. The van der Waals surface area contributed by atoms with Gasteiger partial charge in [0.2, 0.25) is 0 Å². The summed E-state index contributed by atoms with van der Waals surface area (Å²) in [4.78, 5) is 0. The maximum Gasteiger partial charge on any atom is 0.360 e. The van der Waals surface area contributed by atoms with Crippen LogP contribution in [0.2, 0.25) is 6.55 Å². The van der Waals surface area contributed by atoms with Gasteiger partial charge in [0.15, 0.2) is 0 Å². The van der Waals surface area contributed by atoms with Crippen molar-refractivity contribution in [3.05, 3.63) is 11.8 Å². The van der Waals surface area contributed by atoms with Gasteiger partial charge in [-0.1, -0.05) is 32.3 Å². The molecule has 0 bridgehead atoms. The molecule has 0 heterocycles. The second-order valence-corrected chi connectivity index (χ2v) is 6.86. The minimum absolute atomic E-state index is 1.15. The zero-order chi connectivity index (χ0) is 10.9.